The van der Waals surface area contributed by atoms with Crippen molar-refractivity contribution in [2.24, 2.45) is 5.73 Å². The van der Waals surface area contributed by atoms with Crippen molar-refractivity contribution in [1.82, 2.24) is 9.55 Å². The zero-order valence-electron chi connectivity index (χ0n) is 20.9. The van der Waals surface area contributed by atoms with Gasteiger partial charge in [0.2, 0.25) is 5.43 Å². The lowest BCUT2D eigenvalue weighted by atomic mass is 10.1. The Morgan fingerprint density at radius 3 is 2.35 bits per heavy atom. The molecule has 40 heavy (non-hydrogen) atoms. The van der Waals surface area contributed by atoms with Gasteiger partial charge in [0.25, 0.3) is 10.1 Å². The molecule has 1 fully saturated rings. The van der Waals surface area contributed by atoms with E-state index in [0.717, 1.165) is 28.5 Å². The average molecular weight is 577 g/mol. The van der Waals surface area contributed by atoms with Crippen LogP contribution in [0.4, 0.5) is 19.0 Å². The third kappa shape index (κ3) is 5.83. The maximum atomic E-state index is 14.7. The normalized spacial score (nSPS) is 15.2. The molecule has 2 aromatic carbocycles. The summed E-state index contributed by atoms with van der Waals surface area (Å²) in [6.07, 6.45) is 1.47. The highest BCUT2D eigenvalue weighted by Crippen LogP contribution is 2.27. The minimum absolute atomic E-state index is 0.0666. The van der Waals surface area contributed by atoms with Gasteiger partial charge < -0.3 is 15.7 Å². The fourth-order valence-corrected chi connectivity index (χ4v) is 4.62. The summed E-state index contributed by atoms with van der Waals surface area (Å²) in [5, 5.41) is 8.97. The number of carbonyl (C=O) groups is 1. The predicted molar refractivity (Wildman–Crippen MR) is 140 cm³/mol. The fourth-order valence-electron chi connectivity index (χ4n) is 4.14. The lowest BCUT2D eigenvalue weighted by molar-refractivity contribution is 0.0695. The second kappa shape index (κ2) is 11.1. The molecule has 0 saturated carbocycles. The summed E-state index contributed by atoms with van der Waals surface area (Å²) in [6, 6.07) is 9.99. The zero-order valence-corrected chi connectivity index (χ0v) is 21.7. The van der Waals surface area contributed by atoms with Gasteiger partial charge >= 0.3 is 5.97 Å². The molecule has 1 saturated heterocycles. The number of hydrogen-bond acceptors (Lipinski definition) is 7. The van der Waals surface area contributed by atoms with Crippen molar-refractivity contribution in [2.45, 2.75) is 24.3 Å². The van der Waals surface area contributed by atoms with Crippen LogP contribution in [0.3, 0.4) is 0 Å². The van der Waals surface area contributed by atoms with Crippen LogP contribution in [0.15, 0.2) is 64.4 Å². The summed E-state index contributed by atoms with van der Waals surface area (Å²) in [6.45, 7) is 2.61. The van der Waals surface area contributed by atoms with E-state index in [4.69, 9.17) is 10.3 Å². The van der Waals surface area contributed by atoms with E-state index in [1.165, 1.54) is 24.3 Å². The minimum Gasteiger partial charge on any atom is -0.477 e. The second-order valence-electron chi connectivity index (χ2n) is 9.07. The van der Waals surface area contributed by atoms with Gasteiger partial charge in [0.1, 0.15) is 5.56 Å². The standard InChI is InChI=1S/C19H15F3N4O3.C7H8O3S/c20-12-2-1-3-14(15(12)22)26-8-11(19(28)29)16(27)10-6-13(21)18(24-17(10)26)25-5-4-9(23)7-25;1-6-2-4-7(5-3-6)11(8,9)10/h1-3,6,8-9H,4-5,7,23H2,(H,28,29);2-5H,1H3,(H,8,9,10). The van der Waals surface area contributed by atoms with Crippen LogP contribution < -0.4 is 16.1 Å². The zero-order chi connectivity index (χ0) is 29.4. The van der Waals surface area contributed by atoms with E-state index < -0.39 is 44.5 Å². The van der Waals surface area contributed by atoms with Gasteiger partial charge in [-0.3, -0.25) is 13.9 Å². The number of benzene rings is 2. The number of carboxylic acid groups (broad SMARTS) is 1. The molecule has 10 nitrogen and oxygen atoms in total. The van der Waals surface area contributed by atoms with Gasteiger partial charge in [0.05, 0.1) is 16.0 Å². The van der Waals surface area contributed by atoms with Gasteiger partial charge in [-0.2, -0.15) is 8.42 Å². The molecule has 14 heteroatoms. The number of pyridine rings is 2. The van der Waals surface area contributed by atoms with E-state index in [-0.39, 0.29) is 33.5 Å². The smallest absolute Gasteiger partial charge is 0.341 e. The summed E-state index contributed by atoms with van der Waals surface area (Å²) >= 11 is 0. The SMILES string of the molecule is Cc1ccc(S(=O)(=O)O)cc1.NC1CCN(c2nc3c(cc2F)c(=O)c(C(=O)O)cn3-c2cccc(F)c2F)C1. The Balaban J connectivity index is 0.000000283. The summed E-state index contributed by atoms with van der Waals surface area (Å²) in [4.78, 5) is 29.7. The topological polar surface area (TPSA) is 156 Å². The number of anilines is 1. The molecule has 1 unspecified atom stereocenters. The lowest BCUT2D eigenvalue weighted by Crippen LogP contribution is -2.28. The van der Waals surface area contributed by atoms with Crippen molar-refractivity contribution in [1.29, 1.82) is 0 Å². The molecular formula is C26H23F3N4O6S. The molecule has 1 aliphatic heterocycles. The number of aromatic nitrogens is 2. The molecule has 5 rings (SSSR count). The molecule has 0 spiro atoms. The van der Waals surface area contributed by atoms with Crippen molar-refractivity contribution in [3.63, 3.8) is 0 Å². The minimum atomic E-state index is -4.02. The number of carboxylic acids is 1. The van der Waals surface area contributed by atoms with Crippen molar-refractivity contribution < 1.29 is 36.0 Å². The molecule has 4 aromatic rings. The number of aryl methyl sites for hydroxylation is 1. The Kier molecular flexibility index (Phi) is 7.95. The molecule has 0 aliphatic carbocycles. The van der Waals surface area contributed by atoms with E-state index in [2.05, 4.69) is 4.98 Å². The van der Waals surface area contributed by atoms with Crippen LogP contribution >= 0.6 is 0 Å². The molecule has 0 bridgehead atoms. The number of nitrogens with zero attached hydrogens (tertiary/aromatic N) is 3. The molecule has 4 N–H and O–H groups in total. The van der Waals surface area contributed by atoms with E-state index in [9.17, 15) is 36.3 Å². The average Bonchev–Trinajstić information content (AvgIpc) is 3.32. The predicted octanol–water partition coefficient (Wildman–Crippen LogP) is 3.28. The highest BCUT2D eigenvalue weighted by Gasteiger charge is 2.26. The Morgan fingerprint density at radius 2 is 1.77 bits per heavy atom. The van der Waals surface area contributed by atoms with Crippen molar-refractivity contribution in [3.8, 4) is 5.69 Å². The highest BCUT2D eigenvalue weighted by molar-refractivity contribution is 7.85. The van der Waals surface area contributed by atoms with Crippen molar-refractivity contribution in [3.05, 3.63) is 93.5 Å². The first kappa shape index (κ1) is 28.7. The second-order valence-corrected chi connectivity index (χ2v) is 10.5. The number of halogens is 3. The van der Waals surface area contributed by atoms with Gasteiger partial charge in [-0.25, -0.2) is 22.9 Å². The molecule has 0 radical (unpaired) electrons. The Bertz CT molecular complexity index is 1780. The van der Waals surface area contributed by atoms with Crippen molar-refractivity contribution >= 4 is 32.9 Å². The highest BCUT2D eigenvalue weighted by atomic mass is 32.2. The van der Waals surface area contributed by atoms with Gasteiger partial charge in [-0.1, -0.05) is 23.8 Å². The van der Waals surface area contributed by atoms with Crippen LogP contribution in [0.2, 0.25) is 0 Å². The molecular weight excluding hydrogens is 553 g/mol. The van der Waals surface area contributed by atoms with Gasteiger partial charge in [0.15, 0.2) is 28.9 Å². The van der Waals surface area contributed by atoms with E-state index in [0.29, 0.717) is 19.5 Å². The molecule has 1 aliphatic rings. The summed E-state index contributed by atoms with van der Waals surface area (Å²) < 4.78 is 73.4. The number of rotatable bonds is 4. The first-order valence-corrected chi connectivity index (χ1v) is 13.2. The van der Waals surface area contributed by atoms with E-state index in [1.807, 2.05) is 6.92 Å². The van der Waals surface area contributed by atoms with Crippen molar-refractivity contribution in [2.75, 3.05) is 18.0 Å². The lowest BCUT2D eigenvalue weighted by Gasteiger charge is -2.20. The first-order valence-electron chi connectivity index (χ1n) is 11.8. The Labute approximate surface area is 225 Å². The van der Waals surface area contributed by atoms with Crippen LogP contribution in [-0.2, 0) is 10.1 Å². The van der Waals surface area contributed by atoms with Gasteiger partial charge in [-0.05, 0) is 43.7 Å². The Hall–Kier alpha value is -4.27. The molecule has 1 atom stereocenters. The number of nitrogens with two attached hydrogens (primary N) is 1. The quantitative estimate of drug-likeness (QED) is 0.310. The monoisotopic (exact) mass is 576 g/mol. The summed E-state index contributed by atoms with van der Waals surface area (Å²) in [7, 11) is -4.02. The van der Waals surface area contributed by atoms with Crippen LogP contribution in [-0.4, -0.2) is 52.7 Å². The number of hydrogen-bond donors (Lipinski definition) is 3. The third-order valence-corrected chi connectivity index (χ3v) is 7.05. The summed E-state index contributed by atoms with van der Waals surface area (Å²) in [5.74, 6) is -4.95. The molecule has 2 aromatic heterocycles. The molecule has 3 heterocycles. The molecule has 210 valence electrons. The number of aromatic carboxylic acids is 1. The fraction of sp³-hybridized carbons (Fsp3) is 0.192. The van der Waals surface area contributed by atoms with Crippen LogP contribution in [0.25, 0.3) is 16.7 Å². The van der Waals surface area contributed by atoms with Crippen LogP contribution in [0.1, 0.15) is 22.3 Å². The third-order valence-electron chi connectivity index (χ3n) is 6.18. The van der Waals surface area contributed by atoms with Crippen LogP contribution in [0, 0.1) is 24.4 Å². The van der Waals surface area contributed by atoms with Gasteiger partial charge in [-0.15, -0.1) is 0 Å². The van der Waals surface area contributed by atoms with E-state index in [1.54, 1.807) is 17.0 Å². The molecule has 0 amide bonds. The summed E-state index contributed by atoms with van der Waals surface area (Å²) in [5.41, 5.74) is 4.56. The largest absolute Gasteiger partial charge is 0.477 e. The van der Waals surface area contributed by atoms with Gasteiger partial charge in [0, 0.05) is 25.3 Å². The number of fused-ring (bicyclic) bond motifs is 1. The van der Waals surface area contributed by atoms with Crippen LogP contribution in [0.5, 0.6) is 0 Å². The first-order chi connectivity index (χ1) is 18.8. The Morgan fingerprint density at radius 1 is 1.10 bits per heavy atom. The maximum absolute atomic E-state index is 14.7. The van der Waals surface area contributed by atoms with E-state index >= 15 is 0 Å². The maximum Gasteiger partial charge on any atom is 0.341 e.